The lowest BCUT2D eigenvalue weighted by Gasteiger charge is -2.32. The Morgan fingerprint density at radius 3 is 2.61 bits per heavy atom. The SMILES string of the molecule is C=CCC1=C[C@]2(OC(C)=O)C(=CC1=O)O[C@H](c1ccc(OC)c(OC)c1)[C@H]2C. The second-order valence-corrected chi connectivity index (χ2v) is 6.86. The van der Waals surface area contributed by atoms with Crippen molar-refractivity contribution in [1.29, 1.82) is 0 Å². The Morgan fingerprint density at radius 1 is 1.29 bits per heavy atom. The first-order valence-corrected chi connectivity index (χ1v) is 9.03. The van der Waals surface area contributed by atoms with Crippen LogP contribution in [0.15, 0.2) is 54.3 Å². The van der Waals surface area contributed by atoms with E-state index >= 15 is 0 Å². The van der Waals surface area contributed by atoms with E-state index < -0.39 is 17.7 Å². The maximum Gasteiger partial charge on any atom is 0.303 e. The van der Waals surface area contributed by atoms with Crippen LogP contribution in [-0.4, -0.2) is 31.6 Å². The molecule has 0 spiro atoms. The Labute approximate surface area is 164 Å². The van der Waals surface area contributed by atoms with Crippen LogP contribution < -0.4 is 9.47 Å². The smallest absolute Gasteiger partial charge is 0.303 e. The molecule has 28 heavy (non-hydrogen) atoms. The van der Waals surface area contributed by atoms with Crippen molar-refractivity contribution < 1.29 is 28.5 Å². The molecule has 148 valence electrons. The highest BCUT2D eigenvalue weighted by Crippen LogP contribution is 2.52. The lowest BCUT2D eigenvalue weighted by Crippen LogP contribution is -2.40. The fourth-order valence-electron chi connectivity index (χ4n) is 3.78. The molecule has 1 aromatic carbocycles. The van der Waals surface area contributed by atoms with Gasteiger partial charge in [-0.05, 0) is 30.2 Å². The number of allylic oxidation sites excluding steroid dienone is 3. The van der Waals surface area contributed by atoms with Crippen LogP contribution in [-0.2, 0) is 19.1 Å². The van der Waals surface area contributed by atoms with E-state index in [2.05, 4.69) is 6.58 Å². The summed E-state index contributed by atoms with van der Waals surface area (Å²) in [6.45, 7) is 6.98. The number of carbonyl (C=O) groups is 2. The molecule has 1 saturated heterocycles. The highest BCUT2D eigenvalue weighted by molar-refractivity contribution is 6.06. The zero-order valence-electron chi connectivity index (χ0n) is 16.5. The van der Waals surface area contributed by atoms with Crippen LogP contribution in [0.4, 0.5) is 0 Å². The summed E-state index contributed by atoms with van der Waals surface area (Å²) in [6, 6.07) is 5.50. The topological polar surface area (TPSA) is 71.1 Å². The summed E-state index contributed by atoms with van der Waals surface area (Å²) in [6.07, 6.45) is 4.73. The molecule has 0 radical (unpaired) electrons. The number of benzene rings is 1. The maximum absolute atomic E-state index is 12.4. The number of rotatable bonds is 6. The normalized spacial score (nSPS) is 25.8. The molecule has 0 N–H and O–H groups in total. The van der Waals surface area contributed by atoms with E-state index in [1.807, 2.05) is 19.1 Å². The van der Waals surface area contributed by atoms with Crippen LogP contribution in [0, 0.1) is 5.92 Å². The predicted octanol–water partition coefficient (Wildman–Crippen LogP) is 3.68. The molecule has 3 rings (SSSR count). The van der Waals surface area contributed by atoms with Crippen molar-refractivity contribution >= 4 is 11.8 Å². The highest BCUT2D eigenvalue weighted by atomic mass is 16.6. The molecule has 0 unspecified atom stereocenters. The first-order valence-electron chi connectivity index (χ1n) is 9.03. The van der Waals surface area contributed by atoms with Crippen molar-refractivity contribution in [2.24, 2.45) is 5.92 Å². The van der Waals surface area contributed by atoms with Crippen molar-refractivity contribution in [2.45, 2.75) is 32.0 Å². The molecule has 0 amide bonds. The zero-order chi connectivity index (χ0) is 20.5. The van der Waals surface area contributed by atoms with Crippen LogP contribution in [0.3, 0.4) is 0 Å². The molecule has 1 aromatic rings. The van der Waals surface area contributed by atoms with Crippen molar-refractivity contribution in [3.05, 3.63) is 59.9 Å². The van der Waals surface area contributed by atoms with Crippen molar-refractivity contribution in [1.82, 2.24) is 0 Å². The van der Waals surface area contributed by atoms with Gasteiger partial charge in [-0.15, -0.1) is 6.58 Å². The van der Waals surface area contributed by atoms with Crippen LogP contribution in [0.5, 0.6) is 11.5 Å². The molecular weight excluding hydrogens is 360 g/mol. The number of carbonyl (C=O) groups excluding carboxylic acids is 2. The van der Waals surface area contributed by atoms with Gasteiger partial charge in [0, 0.05) is 24.5 Å². The van der Waals surface area contributed by atoms with E-state index in [0.29, 0.717) is 29.3 Å². The van der Waals surface area contributed by atoms with E-state index in [9.17, 15) is 9.59 Å². The highest BCUT2D eigenvalue weighted by Gasteiger charge is 2.56. The van der Waals surface area contributed by atoms with E-state index in [1.54, 1.807) is 32.4 Å². The van der Waals surface area contributed by atoms with Crippen molar-refractivity contribution in [3.63, 3.8) is 0 Å². The van der Waals surface area contributed by atoms with E-state index in [4.69, 9.17) is 18.9 Å². The van der Waals surface area contributed by atoms with Gasteiger partial charge in [0.15, 0.2) is 22.9 Å². The Balaban J connectivity index is 2.07. The first-order chi connectivity index (χ1) is 13.4. The van der Waals surface area contributed by atoms with Crippen molar-refractivity contribution in [2.75, 3.05) is 14.2 Å². The van der Waals surface area contributed by atoms with Gasteiger partial charge in [0.05, 0.1) is 14.2 Å². The molecular formula is C22H24O6. The van der Waals surface area contributed by atoms with Gasteiger partial charge >= 0.3 is 5.97 Å². The van der Waals surface area contributed by atoms with E-state index in [-0.39, 0.29) is 11.7 Å². The lowest BCUT2D eigenvalue weighted by molar-refractivity contribution is -0.152. The molecule has 1 aliphatic heterocycles. The van der Waals surface area contributed by atoms with Crippen molar-refractivity contribution in [3.8, 4) is 11.5 Å². The van der Waals surface area contributed by atoms with E-state index in [1.165, 1.54) is 13.0 Å². The second kappa shape index (κ2) is 7.54. The molecule has 1 aliphatic carbocycles. The molecule has 3 atom stereocenters. The van der Waals surface area contributed by atoms with Crippen LogP contribution in [0.2, 0.25) is 0 Å². The summed E-state index contributed by atoms with van der Waals surface area (Å²) in [5.41, 5.74) is 0.233. The molecule has 6 nitrogen and oxygen atoms in total. The zero-order valence-corrected chi connectivity index (χ0v) is 16.5. The lowest BCUT2D eigenvalue weighted by atomic mass is 9.78. The van der Waals surface area contributed by atoms with Gasteiger partial charge in [-0.25, -0.2) is 0 Å². The average molecular weight is 384 g/mol. The third-order valence-corrected chi connectivity index (χ3v) is 5.15. The van der Waals surface area contributed by atoms with Gasteiger partial charge in [0.25, 0.3) is 0 Å². The molecule has 0 bridgehead atoms. The number of hydrogen-bond acceptors (Lipinski definition) is 6. The largest absolute Gasteiger partial charge is 0.493 e. The Morgan fingerprint density at radius 2 is 2.00 bits per heavy atom. The third-order valence-electron chi connectivity index (χ3n) is 5.15. The predicted molar refractivity (Wildman–Crippen MR) is 103 cm³/mol. The molecule has 6 heteroatoms. The minimum Gasteiger partial charge on any atom is -0.493 e. The van der Waals surface area contributed by atoms with Gasteiger partial charge in [-0.3, -0.25) is 9.59 Å². The number of ether oxygens (including phenoxy) is 4. The number of fused-ring (bicyclic) bond motifs is 1. The summed E-state index contributed by atoms with van der Waals surface area (Å²) >= 11 is 0. The number of methoxy groups -OCH3 is 2. The summed E-state index contributed by atoms with van der Waals surface area (Å²) in [5, 5.41) is 0. The second-order valence-electron chi connectivity index (χ2n) is 6.86. The number of hydrogen-bond donors (Lipinski definition) is 0. The standard InChI is InChI=1S/C22H24O6/c1-6-7-16-12-22(28-14(3)23)13(2)21(27-20(22)11-17(16)24)15-8-9-18(25-4)19(10-15)26-5/h6,8-13,21H,1,7H2,2-5H3/t13-,21+,22-/m1/s1. The molecule has 0 aromatic heterocycles. The first kappa shape index (κ1) is 19.7. The van der Waals surface area contributed by atoms with Crippen LogP contribution in [0.25, 0.3) is 0 Å². The van der Waals surface area contributed by atoms with E-state index in [0.717, 1.165) is 5.56 Å². The van der Waals surface area contributed by atoms with Crippen LogP contribution >= 0.6 is 0 Å². The van der Waals surface area contributed by atoms with Gasteiger partial charge in [-0.1, -0.05) is 19.1 Å². The average Bonchev–Trinajstić information content (AvgIpc) is 2.93. The fourth-order valence-corrected chi connectivity index (χ4v) is 3.78. The van der Waals surface area contributed by atoms with Gasteiger partial charge in [-0.2, -0.15) is 0 Å². The molecule has 2 aliphatic rings. The summed E-state index contributed by atoms with van der Waals surface area (Å²) in [5.74, 6) is 0.629. The molecule has 0 saturated carbocycles. The minimum atomic E-state index is -1.13. The van der Waals surface area contributed by atoms with Crippen LogP contribution in [0.1, 0.15) is 31.9 Å². The maximum atomic E-state index is 12.4. The summed E-state index contributed by atoms with van der Waals surface area (Å²) in [7, 11) is 3.13. The Hall–Kier alpha value is -3.02. The number of ketones is 1. The van der Waals surface area contributed by atoms with Gasteiger partial charge < -0.3 is 18.9 Å². The minimum absolute atomic E-state index is 0.169. The monoisotopic (exact) mass is 384 g/mol. The Kier molecular flexibility index (Phi) is 5.31. The summed E-state index contributed by atoms with van der Waals surface area (Å²) in [4.78, 5) is 24.3. The fraction of sp³-hybridized carbons (Fsp3) is 0.364. The quantitative estimate of drug-likeness (QED) is 0.550. The van der Waals surface area contributed by atoms with Gasteiger partial charge in [0.2, 0.25) is 0 Å². The molecule has 1 fully saturated rings. The number of esters is 1. The van der Waals surface area contributed by atoms with Gasteiger partial charge in [0.1, 0.15) is 11.9 Å². The molecule has 1 heterocycles. The third kappa shape index (κ3) is 3.19. The Bertz CT molecular complexity index is 881. The summed E-state index contributed by atoms with van der Waals surface area (Å²) < 4.78 is 22.6.